The second-order valence-corrected chi connectivity index (χ2v) is 4.60. The van der Waals surface area contributed by atoms with Gasteiger partial charge in [0, 0.05) is 18.0 Å². The number of hydrogen-bond donors (Lipinski definition) is 1. The van der Waals surface area contributed by atoms with Gasteiger partial charge in [0.15, 0.2) is 0 Å². The van der Waals surface area contributed by atoms with Crippen molar-refractivity contribution >= 4 is 22.5 Å². The molecule has 0 saturated heterocycles. The lowest BCUT2D eigenvalue weighted by atomic mass is 10.1. The molecule has 0 spiro atoms. The molecule has 0 bridgehead atoms. The minimum atomic E-state index is 0.0427. The third kappa shape index (κ3) is 3.26. The molecule has 0 unspecified atom stereocenters. The molecule has 0 atom stereocenters. The van der Waals surface area contributed by atoms with Crippen molar-refractivity contribution in [2.24, 2.45) is 0 Å². The minimum absolute atomic E-state index is 0.0427. The van der Waals surface area contributed by atoms with Crippen LogP contribution in [0, 0.1) is 0 Å². The highest BCUT2D eigenvalue weighted by Gasteiger charge is 2.09. The molecule has 106 valence electrons. The summed E-state index contributed by atoms with van der Waals surface area (Å²) in [5.74, 6) is 0.788. The summed E-state index contributed by atoms with van der Waals surface area (Å²) in [6, 6.07) is 7.53. The number of aromatic nitrogens is 1. The Kier molecular flexibility index (Phi) is 4.93. The van der Waals surface area contributed by atoms with Gasteiger partial charge in [-0.25, -0.2) is 0 Å². The third-order valence-electron chi connectivity index (χ3n) is 3.06. The van der Waals surface area contributed by atoms with E-state index in [0.717, 1.165) is 35.2 Å². The Morgan fingerprint density at radius 2 is 2.15 bits per heavy atom. The lowest BCUT2D eigenvalue weighted by molar-refractivity contribution is -0.116. The molecule has 1 aromatic carbocycles. The zero-order chi connectivity index (χ0) is 14.4. The highest BCUT2D eigenvalue weighted by molar-refractivity contribution is 6.02. The van der Waals surface area contributed by atoms with Gasteiger partial charge in [-0.3, -0.25) is 9.78 Å². The van der Waals surface area contributed by atoms with Crippen molar-refractivity contribution in [1.29, 1.82) is 0 Å². The summed E-state index contributed by atoms with van der Waals surface area (Å²) in [6.07, 6.45) is 4.19. The molecule has 0 saturated carbocycles. The second kappa shape index (κ2) is 6.89. The SMILES string of the molecule is CCCCC(=O)Nc1ccc(OCC)c2ncccc12. The smallest absolute Gasteiger partial charge is 0.224 e. The van der Waals surface area contributed by atoms with E-state index in [1.807, 2.05) is 31.2 Å². The van der Waals surface area contributed by atoms with Crippen molar-refractivity contribution in [1.82, 2.24) is 4.98 Å². The van der Waals surface area contributed by atoms with Crippen LogP contribution >= 0.6 is 0 Å². The maximum atomic E-state index is 11.9. The van der Waals surface area contributed by atoms with E-state index >= 15 is 0 Å². The van der Waals surface area contributed by atoms with Crippen LogP contribution in [-0.2, 0) is 4.79 Å². The van der Waals surface area contributed by atoms with Gasteiger partial charge in [0.05, 0.1) is 12.3 Å². The molecule has 1 amide bonds. The van der Waals surface area contributed by atoms with Crippen LogP contribution in [0.25, 0.3) is 10.9 Å². The van der Waals surface area contributed by atoms with Crippen LogP contribution < -0.4 is 10.1 Å². The van der Waals surface area contributed by atoms with Crippen LogP contribution in [-0.4, -0.2) is 17.5 Å². The molecule has 4 nitrogen and oxygen atoms in total. The topological polar surface area (TPSA) is 51.2 Å². The number of nitrogens with one attached hydrogen (secondary N) is 1. The number of fused-ring (bicyclic) bond motifs is 1. The van der Waals surface area contributed by atoms with Gasteiger partial charge in [-0.2, -0.15) is 0 Å². The van der Waals surface area contributed by atoms with Gasteiger partial charge in [0.2, 0.25) is 5.91 Å². The van der Waals surface area contributed by atoms with E-state index in [9.17, 15) is 4.79 Å². The quantitative estimate of drug-likeness (QED) is 0.871. The largest absolute Gasteiger partial charge is 0.492 e. The van der Waals surface area contributed by atoms with E-state index in [1.165, 1.54) is 0 Å². The fraction of sp³-hybridized carbons (Fsp3) is 0.375. The van der Waals surface area contributed by atoms with Crippen molar-refractivity contribution < 1.29 is 9.53 Å². The van der Waals surface area contributed by atoms with Crippen molar-refractivity contribution in [3.63, 3.8) is 0 Å². The van der Waals surface area contributed by atoms with Gasteiger partial charge in [-0.1, -0.05) is 13.3 Å². The maximum absolute atomic E-state index is 11.9. The summed E-state index contributed by atoms with van der Waals surface area (Å²) in [7, 11) is 0. The van der Waals surface area contributed by atoms with Crippen LogP contribution in [0.5, 0.6) is 5.75 Å². The third-order valence-corrected chi connectivity index (χ3v) is 3.06. The molecule has 2 rings (SSSR count). The average molecular weight is 272 g/mol. The monoisotopic (exact) mass is 272 g/mol. The molecule has 0 fully saturated rings. The molecule has 1 N–H and O–H groups in total. The first-order valence-corrected chi connectivity index (χ1v) is 7.06. The Balaban J connectivity index is 2.30. The number of nitrogens with zero attached hydrogens (tertiary/aromatic N) is 1. The Bertz CT molecular complexity index is 596. The van der Waals surface area contributed by atoms with E-state index in [-0.39, 0.29) is 5.91 Å². The molecule has 0 aliphatic rings. The first kappa shape index (κ1) is 14.3. The van der Waals surface area contributed by atoms with Gasteiger partial charge in [0.25, 0.3) is 0 Å². The zero-order valence-corrected chi connectivity index (χ0v) is 12.0. The Hall–Kier alpha value is -2.10. The maximum Gasteiger partial charge on any atom is 0.224 e. The lowest BCUT2D eigenvalue weighted by Crippen LogP contribution is -2.11. The summed E-state index contributed by atoms with van der Waals surface area (Å²) in [5.41, 5.74) is 1.57. The standard InChI is InChI=1S/C16H20N2O2/c1-3-5-8-15(19)18-13-9-10-14(20-4-2)16-12(13)7-6-11-17-16/h6-7,9-11H,3-5,8H2,1-2H3,(H,18,19). The fourth-order valence-electron chi connectivity index (χ4n) is 2.08. The Morgan fingerprint density at radius 3 is 2.90 bits per heavy atom. The summed E-state index contributed by atoms with van der Waals surface area (Å²) >= 11 is 0. The van der Waals surface area contributed by atoms with E-state index < -0.39 is 0 Å². The number of carbonyl (C=O) groups excluding carboxylic acids is 1. The van der Waals surface area contributed by atoms with Crippen LogP contribution in [0.15, 0.2) is 30.5 Å². The summed E-state index contributed by atoms with van der Waals surface area (Å²) in [5, 5.41) is 3.86. The van der Waals surface area contributed by atoms with Crippen LogP contribution in [0.2, 0.25) is 0 Å². The highest BCUT2D eigenvalue weighted by Crippen LogP contribution is 2.30. The normalized spacial score (nSPS) is 10.5. The van der Waals surface area contributed by atoms with E-state index in [2.05, 4.69) is 17.2 Å². The first-order chi connectivity index (χ1) is 9.76. The second-order valence-electron chi connectivity index (χ2n) is 4.60. The van der Waals surface area contributed by atoms with Crippen LogP contribution in [0.3, 0.4) is 0 Å². The molecular weight excluding hydrogens is 252 g/mol. The summed E-state index contributed by atoms with van der Waals surface area (Å²) < 4.78 is 5.57. The predicted molar refractivity (Wildman–Crippen MR) is 81.1 cm³/mol. The Labute approximate surface area is 119 Å². The zero-order valence-electron chi connectivity index (χ0n) is 12.0. The van der Waals surface area contributed by atoms with Crippen molar-refractivity contribution in [3.05, 3.63) is 30.5 Å². The molecule has 1 aromatic heterocycles. The molecule has 0 aliphatic carbocycles. The van der Waals surface area contributed by atoms with Gasteiger partial charge >= 0.3 is 0 Å². The number of amides is 1. The van der Waals surface area contributed by atoms with Crippen molar-refractivity contribution in [3.8, 4) is 5.75 Å². The number of benzene rings is 1. The fourth-order valence-corrected chi connectivity index (χ4v) is 2.08. The van der Waals surface area contributed by atoms with Crippen molar-refractivity contribution in [2.75, 3.05) is 11.9 Å². The summed E-state index contributed by atoms with van der Waals surface area (Å²) in [4.78, 5) is 16.2. The first-order valence-electron chi connectivity index (χ1n) is 7.06. The molecule has 1 heterocycles. The number of unbranched alkanes of at least 4 members (excludes halogenated alkanes) is 1. The van der Waals surface area contributed by atoms with E-state index in [1.54, 1.807) is 6.20 Å². The molecule has 4 heteroatoms. The van der Waals surface area contributed by atoms with Crippen LogP contribution in [0.1, 0.15) is 33.1 Å². The number of rotatable bonds is 6. The summed E-state index contributed by atoms with van der Waals surface area (Å²) in [6.45, 7) is 4.60. The van der Waals surface area contributed by atoms with Gasteiger partial charge in [0.1, 0.15) is 11.3 Å². The van der Waals surface area contributed by atoms with Crippen LogP contribution in [0.4, 0.5) is 5.69 Å². The molecule has 0 aliphatic heterocycles. The Morgan fingerprint density at radius 1 is 1.30 bits per heavy atom. The van der Waals surface area contributed by atoms with E-state index in [0.29, 0.717) is 13.0 Å². The van der Waals surface area contributed by atoms with Gasteiger partial charge in [-0.15, -0.1) is 0 Å². The van der Waals surface area contributed by atoms with E-state index in [4.69, 9.17) is 4.74 Å². The molecule has 20 heavy (non-hydrogen) atoms. The lowest BCUT2D eigenvalue weighted by Gasteiger charge is -2.11. The van der Waals surface area contributed by atoms with Crippen molar-refractivity contribution in [2.45, 2.75) is 33.1 Å². The average Bonchev–Trinajstić information content (AvgIpc) is 2.48. The van der Waals surface area contributed by atoms with Gasteiger partial charge in [-0.05, 0) is 37.6 Å². The van der Waals surface area contributed by atoms with Gasteiger partial charge < -0.3 is 10.1 Å². The number of carbonyl (C=O) groups is 1. The number of ether oxygens (including phenoxy) is 1. The number of pyridine rings is 1. The minimum Gasteiger partial charge on any atom is -0.492 e. The molecular formula is C16H20N2O2. The molecule has 2 aromatic rings. The molecule has 0 radical (unpaired) electrons. The predicted octanol–water partition coefficient (Wildman–Crippen LogP) is 3.76. The highest BCUT2D eigenvalue weighted by atomic mass is 16.5. The number of anilines is 1. The number of hydrogen-bond acceptors (Lipinski definition) is 3.